The van der Waals surface area contributed by atoms with Crippen molar-refractivity contribution in [1.29, 1.82) is 0 Å². The Hall–Kier alpha value is -2.82. The van der Waals surface area contributed by atoms with E-state index < -0.39 is 17.7 Å². The molecule has 2 aromatic carbocycles. The molecule has 2 aliphatic rings. The van der Waals surface area contributed by atoms with Crippen LogP contribution in [0.2, 0.25) is 0 Å². The van der Waals surface area contributed by atoms with E-state index in [0.29, 0.717) is 33.0 Å². The number of amides is 2. The first kappa shape index (κ1) is 15.1. The molecule has 23 heavy (non-hydrogen) atoms. The summed E-state index contributed by atoms with van der Waals surface area (Å²) in [6, 6.07) is 6.29. The topological polar surface area (TPSA) is 71.5 Å². The Balaban J connectivity index is 0.00000156. The number of hydrogen-bond acceptors (Lipinski definition) is 4. The largest absolute Gasteiger partial charge is 0.293 e. The van der Waals surface area contributed by atoms with Gasteiger partial charge in [0.2, 0.25) is 0 Å². The molecule has 1 aliphatic carbocycles. The van der Waals surface area contributed by atoms with Crippen LogP contribution < -0.4 is 0 Å². The molecule has 2 aromatic rings. The van der Waals surface area contributed by atoms with Crippen LogP contribution in [0.25, 0.3) is 10.8 Å². The summed E-state index contributed by atoms with van der Waals surface area (Å²) < 4.78 is 0. The van der Waals surface area contributed by atoms with Gasteiger partial charge < -0.3 is 0 Å². The highest BCUT2D eigenvalue weighted by atomic mass is 16.2. The van der Waals surface area contributed by atoms with Crippen molar-refractivity contribution in [2.75, 3.05) is 7.05 Å². The smallest absolute Gasteiger partial charge is 0.261 e. The monoisotopic (exact) mass is 309 g/mol. The summed E-state index contributed by atoms with van der Waals surface area (Å²) in [5.41, 5.74) is 1.53. The Bertz CT molecular complexity index is 794. The van der Waals surface area contributed by atoms with Crippen LogP contribution in [0.15, 0.2) is 24.3 Å². The van der Waals surface area contributed by atoms with E-state index in [1.54, 1.807) is 31.2 Å². The van der Waals surface area contributed by atoms with Crippen LogP contribution >= 0.6 is 0 Å². The van der Waals surface area contributed by atoms with E-state index in [1.807, 2.05) is 0 Å². The molecule has 0 spiro atoms. The third-order valence-corrected chi connectivity index (χ3v) is 4.55. The molecule has 0 atom stereocenters. The second-order valence-corrected chi connectivity index (χ2v) is 5.69. The lowest BCUT2D eigenvalue weighted by Gasteiger charge is -2.28. The predicted molar refractivity (Wildman–Crippen MR) is 84.9 cm³/mol. The maximum atomic E-state index is 12.4. The number of rotatable bonds is 0. The molecule has 4 rings (SSSR count). The van der Waals surface area contributed by atoms with Crippen molar-refractivity contribution in [2.24, 2.45) is 5.92 Å². The quantitative estimate of drug-likeness (QED) is 0.554. The molecule has 0 saturated carbocycles. The molecular formula is C18H15NO4. The summed E-state index contributed by atoms with van der Waals surface area (Å²) in [7, 11) is 1.42. The fourth-order valence-corrected chi connectivity index (χ4v) is 3.30. The number of ketones is 2. The first-order valence-electron chi connectivity index (χ1n) is 6.94. The Morgan fingerprint density at radius 1 is 0.739 bits per heavy atom. The lowest BCUT2D eigenvalue weighted by Crippen LogP contribution is -2.38. The minimum absolute atomic E-state index is 0. The second kappa shape index (κ2) is 4.59. The van der Waals surface area contributed by atoms with E-state index in [0.717, 1.165) is 4.90 Å². The van der Waals surface area contributed by atoms with Gasteiger partial charge in [-0.3, -0.25) is 24.1 Å². The van der Waals surface area contributed by atoms with Crippen molar-refractivity contribution in [2.45, 2.75) is 14.4 Å². The van der Waals surface area contributed by atoms with E-state index in [-0.39, 0.29) is 19.0 Å². The number of nitrogens with zero attached hydrogens (tertiary/aromatic N) is 1. The Morgan fingerprint density at radius 2 is 1.09 bits per heavy atom. The highest BCUT2D eigenvalue weighted by Gasteiger charge is 2.38. The third-order valence-electron chi connectivity index (χ3n) is 4.55. The zero-order valence-electron chi connectivity index (χ0n) is 12.0. The van der Waals surface area contributed by atoms with Gasteiger partial charge in [-0.05, 0) is 31.2 Å². The summed E-state index contributed by atoms with van der Waals surface area (Å²) in [6.07, 6.45) is 0. The average molecular weight is 309 g/mol. The number of Topliss-reactive ketones (excluding diaryl/α,β-unsaturated/α-hetero) is 2. The summed E-state index contributed by atoms with van der Waals surface area (Å²) in [6.45, 7) is 1.58. The van der Waals surface area contributed by atoms with Crippen molar-refractivity contribution >= 4 is 34.2 Å². The molecule has 116 valence electrons. The van der Waals surface area contributed by atoms with Gasteiger partial charge in [-0.15, -0.1) is 0 Å². The van der Waals surface area contributed by atoms with Crippen molar-refractivity contribution in [3.05, 3.63) is 46.5 Å². The van der Waals surface area contributed by atoms with Gasteiger partial charge in [-0.1, -0.05) is 7.43 Å². The van der Waals surface area contributed by atoms with Gasteiger partial charge in [0.05, 0.1) is 5.92 Å². The van der Waals surface area contributed by atoms with Crippen molar-refractivity contribution in [1.82, 2.24) is 4.90 Å². The predicted octanol–water partition coefficient (Wildman–Crippen LogP) is 2.72. The number of hydrogen-bond donors (Lipinski definition) is 0. The lowest BCUT2D eigenvalue weighted by atomic mass is 9.78. The molecule has 0 aromatic heterocycles. The standard InChI is InChI=1S/C17H11NO4.CH4/c1-7-14(19)8-3-5-10-13-11(17(22)18(2)16(10)21)6-4-9(12(8)13)15(7)20;/h3-7H,1-2H3;1H4. The van der Waals surface area contributed by atoms with Gasteiger partial charge in [-0.25, -0.2) is 0 Å². The van der Waals surface area contributed by atoms with Crippen molar-refractivity contribution in [3.8, 4) is 0 Å². The SMILES string of the molecule is C.CC1C(=O)c2ccc3c4c(ccc(c24)C1=O)C(=O)N(C)C3=O. The van der Waals surface area contributed by atoms with Crippen LogP contribution in [0.5, 0.6) is 0 Å². The minimum atomic E-state index is -0.732. The molecule has 1 heterocycles. The summed E-state index contributed by atoms with van der Waals surface area (Å²) >= 11 is 0. The molecule has 0 saturated heterocycles. The molecule has 0 bridgehead atoms. The van der Waals surface area contributed by atoms with Crippen molar-refractivity contribution < 1.29 is 19.2 Å². The highest BCUT2D eigenvalue weighted by molar-refractivity contribution is 6.34. The Morgan fingerprint density at radius 3 is 1.52 bits per heavy atom. The van der Waals surface area contributed by atoms with Crippen LogP contribution in [-0.2, 0) is 0 Å². The van der Waals surface area contributed by atoms with Gasteiger partial charge >= 0.3 is 0 Å². The fraction of sp³-hybridized carbons (Fsp3) is 0.222. The average Bonchev–Trinajstić information content (AvgIpc) is 2.53. The molecular weight excluding hydrogens is 294 g/mol. The normalized spacial score (nSPS) is 16.9. The van der Waals surface area contributed by atoms with Gasteiger partial charge in [0.25, 0.3) is 11.8 Å². The molecule has 0 unspecified atom stereocenters. The van der Waals surface area contributed by atoms with Crippen LogP contribution in [0, 0.1) is 5.92 Å². The van der Waals surface area contributed by atoms with Gasteiger partial charge in [0.1, 0.15) is 0 Å². The zero-order valence-corrected chi connectivity index (χ0v) is 12.0. The molecule has 0 fully saturated rings. The van der Waals surface area contributed by atoms with Gasteiger partial charge in [-0.2, -0.15) is 0 Å². The van der Waals surface area contributed by atoms with E-state index in [4.69, 9.17) is 0 Å². The zero-order chi connectivity index (χ0) is 15.8. The molecule has 5 heteroatoms. The molecule has 0 radical (unpaired) electrons. The highest BCUT2D eigenvalue weighted by Crippen LogP contribution is 2.38. The number of carbonyl (C=O) groups excluding carboxylic acids is 4. The van der Waals surface area contributed by atoms with E-state index in [1.165, 1.54) is 7.05 Å². The maximum absolute atomic E-state index is 12.4. The summed E-state index contributed by atoms with van der Waals surface area (Å²) in [5, 5.41) is 0.870. The minimum Gasteiger partial charge on any atom is -0.293 e. The van der Waals surface area contributed by atoms with E-state index >= 15 is 0 Å². The first-order chi connectivity index (χ1) is 10.4. The van der Waals surface area contributed by atoms with Gasteiger partial charge in [0.15, 0.2) is 11.6 Å². The summed E-state index contributed by atoms with van der Waals surface area (Å²) in [4.78, 5) is 50.4. The fourth-order valence-electron chi connectivity index (χ4n) is 3.30. The van der Waals surface area contributed by atoms with E-state index in [2.05, 4.69) is 0 Å². The van der Waals surface area contributed by atoms with Crippen molar-refractivity contribution in [3.63, 3.8) is 0 Å². The van der Waals surface area contributed by atoms with Crippen LogP contribution in [-0.4, -0.2) is 35.3 Å². The first-order valence-corrected chi connectivity index (χ1v) is 6.94. The number of benzene rings is 2. The Labute approximate surface area is 132 Å². The van der Waals surface area contributed by atoms with Crippen LogP contribution in [0.1, 0.15) is 55.8 Å². The molecule has 1 aliphatic heterocycles. The van der Waals surface area contributed by atoms with Gasteiger partial charge in [0, 0.05) is 40.1 Å². The third kappa shape index (κ3) is 1.62. The van der Waals surface area contributed by atoms with E-state index in [9.17, 15) is 19.2 Å². The molecule has 0 N–H and O–H groups in total. The van der Waals surface area contributed by atoms with Crippen LogP contribution in [0.4, 0.5) is 0 Å². The summed E-state index contributed by atoms with van der Waals surface area (Å²) in [5.74, 6) is -2.09. The Kier molecular flexibility index (Phi) is 3.01. The molecule has 2 amide bonds. The lowest BCUT2D eigenvalue weighted by molar-refractivity contribution is 0.0648. The number of carbonyl (C=O) groups is 4. The number of imide groups is 1. The second-order valence-electron chi connectivity index (χ2n) is 5.69. The molecule has 5 nitrogen and oxygen atoms in total. The maximum Gasteiger partial charge on any atom is 0.261 e. The van der Waals surface area contributed by atoms with Crippen LogP contribution in [0.3, 0.4) is 0 Å².